The molecule has 8 aliphatic carbocycles. The molecule has 8 aliphatic rings. The van der Waals surface area contributed by atoms with Crippen molar-refractivity contribution < 1.29 is 61.3 Å². The molecule has 2 heterocycles. The quantitative estimate of drug-likeness (QED) is 0.156. The zero-order chi connectivity index (χ0) is 48.6. The van der Waals surface area contributed by atoms with E-state index in [1.165, 1.54) is 136 Å². The molecule has 8 heteroatoms. The van der Waals surface area contributed by atoms with Crippen molar-refractivity contribution in [1.29, 1.82) is 0 Å². The van der Waals surface area contributed by atoms with Crippen LogP contribution >= 0.6 is 0 Å². The Labute approximate surface area is 463 Å². The first-order chi connectivity index (χ1) is 33.0. The van der Waals surface area contributed by atoms with Gasteiger partial charge < -0.3 is 20.5 Å². The number of fused-ring (bicyclic) bond motifs is 12. The summed E-state index contributed by atoms with van der Waals surface area (Å²) in [5.41, 5.74) is 7.35. The van der Waals surface area contributed by atoms with Crippen LogP contribution in [0.15, 0.2) is 84.4 Å². The Kier molecular flexibility index (Phi) is 15.1. The van der Waals surface area contributed by atoms with Gasteiger partial charge in [0.1, 0.15) is 0 Å². The summed E-state index contributed by atoms with van der Waals surface area (Å²) in [7, 11) is 4.34. The average Bonchev–Trinajstić information content (AvgIpc) is 3.81. The Hall–Kier alpha value is -2.30. The van der Waals surface area contributed by atoms with E-state index in [0.717, 1.165) is 47.6 Å². The van der Waals surface area contributed by atoms with E-state index in [-0.39, 0.29) is 56.8 Å². The van der Waals surface area contributed by atoms with E-state index < -0.39 is 6.09 Å². The van der Waals surface area contributed by atoms with Gasteiger partial charge in [-0.15, -0.1) is 0 Å². The molecule has 5 unspecified atom stereocenters. The van der Waals surface area contributed by atoms with Gasteiger partial charge in [0.25, 0.3) is 0 Å². The second kappa shape index (κ2) is 20.1. The summed E-state index contributed by atoms with van der Waals surface area (Å²) in [5.74, 6) is 6.19. The topological polar surface area (TPSA) is 102 Å². The molecule has 1 amide bonds. The molecule has 4 aromatic rings. The number of rotatable bonds is 4. The van der Waals surface area contributed by atoms with E-state index >= 15 is 0 Å². The molecule has 0 bridgehead atoms. The number of carbonyl (C=O) groups excluding carboxylic acids is 1. The Bertz CT molecular complexity index is 2550. The third kappa shape index (κ3) is 8.52. The molecule has 70 heavy (non-hydrogen) atoms. The summed E-state index contributed by atoms with van der Waals surface area (Å²) in [4.78, 5) is 20.3. The molecule has 2 aromatic heterocycles. The molecule has 12 rings (SSSR count). The molecule has 2 aromatic carbocycles. The van der Waals surface area contributed by atoms with Crippen LogP contribution in [0.5, 0.6) is 0 Å². The van der Waals surface area contributed by atoms with Gasteiger partial charge in [0, 0.05) is 47.6 Å². The molecule has 0 spiro atoms. The molecular weight excluding hydrogens is 886 g/mol. The maximum absolute atomic E-state index is 9.03. The monoisotopic (exact) mass is 970 g/mol. The van der Waals surface area contributed by atoms with Crippen LogP contribution in [0.1, 0.15) is 168 Å². The maximum atomic E-state index is 9.03. The predicted octanol–water partition coefficient (Wildman–Crippen LogP) is 10.6. The number of allylic oxidation sites excluding steroid dienone is 2. The fraction of sp³-hybridized carbons (Fsp3) is 0.645. The van der Waals surface area contributed by atoms with Crippen LogP contribution in [0.25, 0.3) is 27.1 Å². The average molecular weight is 970 g/mol. The first kappa shape index (κ1) is 52.6. The minimum Gasteiger partial charge on any atom is -0.528 e. The summed E-state index contributed by atoms with van der Waals surface area (Å²) >= 11 is 0. The standard InChI is InChI=1S/C30H42N2.C30H40N2.C2H3NO2.K/c2*1-28-13-9-24(31-4)18-23(28)7-8-27-26(28)11-15-29(2)25(10-14-30(27,29)3)21-6-5-20-12-16-32-19-22(20)17-21;1-3-2(4)5;/h5-6,12,16-17,19,23-27,31H,7-11,13-15,18H2,1-4H3;5-6,10,12,16-17,19,23-24,26-27,31H,7-9,11,13-15,18H2,1-4H3;1H2,(H,4,5);/q;;;+1/p-1/t23?,24-,25?,26?,27+,28-,29+,30-;23?,24-,26?,27+,28-,29+,30-;;/m00../s1. The third-order valence-corrected chi connectivity index (χ3v) is 23.5. The number of aromatic nitrogens is 2. The summed E-state index contributed by atoms with van der Waals surface area (Å²) < 4.78 is 0. The molecule has 2 N–H and O–H groups in total. The van der Waals surface area contributed by atoms with E-state index in [2.05, 4.69) is 149 Å². The van der Waals surface area contributed by atoms with Crippen LogP contribution in [0.2, 0.25) is 0 Å². The van der Waals surface area contributed by atoms with Gasteiger partial charge in [-0.3, -0.25) is 9.97 Å². The minimum atomic E-state index is -1.48. The molecule has 370 valence electrons. The Morgan fingerprint density at radius 3 is 1.71 bits per heavy atom. The van der Waals surface area contributed by atoms with Gasteiger partial charge >= 0.3 is 51.4 Å². The van der Waals surface area contributed by atoms with E-state index in [4.69, 9.17) is 9.90 Å². The number of hydrogen-bond acceptors (Lipinski definition) is 6. The van der Waals surface area contributed by atoms with Crippen molar-refractivity contribution in [2.75, 3.05) is 14.1 Å². The van der Waals surface area contributed by atoms with E-state index in [0.29, 0.717) is 33.0 Å². The molecule has 7 nitrogen and oxygen atoms in total. The summed E-state index contributed by atoms with van der Waals surface area (Å²) in [6.45, 7) is 18.7. The normalized spacial score (nSPS) is 41.2. The molecular formula is C62H84KN5O2. The van der Waals surface area contributed by atoms with Crippen molar-refractivity contribution in [3.05, 3.63) is 90.5 Å². The number of benzene rings is 2. The zero-order valence-corrected chi connectivity index (χ0v) is 47.7. The second-order valence-electron chi connectivity index (χ2n) is 25.4. The molecule has 0 aliphatic heterocycles. The van der Waals surface area contributed by atoms with E-state index in [1.807, 2.05) is 18.6 Å². The number of nitrogens with zero attached hydrogens (tertiary/aromatic N) is 3. The van der Waals surface area contributed by atoms with Crippen molar-refractivity contribution >= 4 is 39.9 Å². The Morgan fingerprint density at radius 2 is 1.14 bits per heavy atom. The van der Waals surface area contributed by atoms with Crippen LogP contribution in [0.3, 0.4) is 0 Å². The van der Waals surface area contributed by atoms with Gasteiger partial charge in [0.15, 0.2) is 6.09 Å². The van der Waals surface area contributed by atoms with Crippen molar-refractivity contribution in [1.82, 2.24) is 20.6 Å². The number of pyridine rings is 2. The van der Waals surface area contributed by atoms with Gasteiger partial charge in [0.2, 0.25) is 0 Å². The zero-order valence-electron chi connectivity index (χ0n) is 44.6. The number of carboxylic acid groups (broad SMARTS) is 1. The van der Waals surface area contributed by atoms with Crippen LogP contribution in [0, 0.1) is 68.0 Å². The second-order valence-corrected chi connectivity index (χ2v) is 25.4. The number of amides is 1. The largest absolute Gasteiger partial charge is 1.00 e. The van der Waals surface area contributed by atoms with Crippen molar-refractivity contribution in [3.8, 4) is 0 Å². The van der Waals surface area contributed by atoms with Crippen LogP contribution in [-0.4, -0.2) is 49.0 Å². The van der Waals surface area contributed by atoms with Crippen LogP contribution in [0.4, 0.5) is 4.79 Å². The summed E-state index contributed by atoms with van der Waals surface area (Å²) in [5, 5.41) is 21.4. The fourth-order valence-corrected chi connectivity index (χ4v) is 18.9. The third-order valence-electron chi connectivity index (χ3n) is 23.5. The van der Waals surface area contributed by atoms with E-state index in [1.54, 1.807) is 11.1 Å². The predicted molar refractivity (Wildman–Crippen MR) is 283 cm³/mol. The molecule has 7 fully saturated rings. The first-order valence-electron chi connectivity index (χ1n) is 27.5. The van der Waals surface area contributed by atoms with Crippen molar-refractivity contribution in [2.24, 2.45) is 73.0 Å². The minimum absolute atomic E-state index is 0. The molecule has 7 saturated carbocycles. The first-order valence-corrected chi connectivity index (χ1v) is 27.5. The van der Waals surface area contributed by atoms with E-state index in [9.17, 15) is 0 Å². The van der Waals surface area contributed by atoms with Gasteiger partial charge in [-0.05, 0) is 256 Å². The van der Waals surface area contributed by atoms with Crippen LogP contribution in [-0.2, 0) is 0 Å². The van der Waals surface area contributed by atoms with Crippen molar-refractivity contribution in [2.45, 2.75) is 169 Å². The number of aliphatic imine (C=N–C) groups is 1. The number of hydrogen-bond donors (Lipinski definition) is 2. The fourth-order valence-electron chi connectivity index (χ4n) is 18.9. The number of nitrogens with one attached hydrogen (secondary N) is 2. The maximum Gasteiger partial charge on any atom is 1.00 e. The molecule has 0 saturated heterocycles. The SMILES string of the molecule is C=NC(=O)[O-].CN[C@H]1CC[C@@]2(C)C(CC[C@@H]3C2CC[C@]2(C)C(c4ccc5ccncc5c4)=CC[C@@]32C)C1.CN[C@H]1CC[C@@]2(C)C(CC[C@@H]3C2CC[C@]2(C)C(c4ccc5ccncc5c4)CC[C@@]32C)C1.[K+]. The summed E-state index contributed by atoms with van der Waals surface area (Å²) in [6.07, 6.45) is 33.0. The number of carbonyl (C=O) groups is 1. The Balaban J connectivity index is 0.000000157. The summed E-state index contributed by atoms with van der Waals surface area (Å²) in [6, 6.07) is 20.1. The van der Waals surface area contributed by atoms with Gasteiger partial charge in [0.05, 0.1) is 0 Å². The molecule has 0 radical (unpaired) electrons. The van der Waals surface area contributed by atoms with Gasteiger partial charge in [-0.25, -0.2) is 4.99 Å². The smallest absolute Gasteiger partial charge is 0.528 e. The van der Waals surface area contributed by atoms with Crippen LogP contribution < -0.4 is 67.1 Å². The van der Waals surface area contributed by atoms with Crippen molar-refractivity contribution in [3.63, 3.8) is 0 Å². The molecule has 15 atom stereocenters. The van der Waals surface area contributed by atoms with Gasteiger partial charge in [-0.2, -0.15) is 0 Å². The van der Waals surface area contributed by atoms with Gasteiger partial charge in [-0.1, -0.05) is 71.9 Å². The Morgan fingerprint density at radius 1 is 0.614 bits per heavy atom.